The van der Waals surface area contributed by atoms with Crippen molar-refractivity contribution in [3.05, 3.63) is 68.8 Å². The second kappa shape index (κ2) is 8.85. The lowest BCUT2D eigenvalue weighted by Gasteiger charge is -2.12. The lowest BCUT2D eigenvalue weighted by molar-refractivity contribution is -0.137. The van der Waals surface area contributed by atoms with Gasteiger partial charge in [0.1, 0.15) is 4.90 Å². The molecule has 3 aromatic heterocycles. The van der Waals surface area contributed by atoms with Gasteiger partial charge in [0, 0.05) is 18.0 Å². The number of halogens is 5. The van der Waals surface area contributed by atoms with E-state index in [2.05, 4.69) is 10.1 Å². The lowest BCUT2D eigenvalue weighted by atomic mass is 10.1. The van der Waals surface area contributed by atoms with Crippen molar-refractivity contribution in [2.75, 3.05) is 12.9 Å². The van der Waals surface area contributed by atoms with Gasteiger partial charge in [-0.25, -0.2) is 22.6 Å². The van der Waals surface area contributed by atoms with Crippen molar-refractivity contribution in [2.45, 2.75) is 18.0 Å². The van der Waals surface area contributed by atoms with Crippen LogP contribution in [0.3, 0.4) is 0 Å². The Labute approximate surface area is 206 Å². The number of hydrogen-bond acceptors (Lipinski definition) is 6. The minimum Gasteiger partial charge on any atom is -0.494 e. The third-order valence-corrected chi connectivity index (χ3v) is 7.42. The van der Waals surface area contributed by atoms with Crippen molar-refractivity contribution >= 4 is 38.7 Å². The first kappa shape index (κ1) is 25.0. The topological polar surface area (TPSA) is 95.6 Å². The summed E-state index contributed by atoms with van der Waals surface area (Å²) in [6.45, 7) is 1.40. The van der Waals surface area contributed by atoms with Crippen LogP contribution in [-0.2, 0) is 16.0 Å². The van der Waals surface area contributed by atoms with Crippen LogP contribution in [0.25, 0.3) is 22.6 Å². The number of fused-ring (bicyclic) bond motifs is 1. The molecular weight excluding hydrogens is 532 g/mol. The average Bonchev–Trinajstić information content (AvgIpc) is 3.13. The van der Waals surface area contributed by atoms with Crippen LogP contribution in [0.2, 0.25) is 10.0 Å². The van der Waals surface area contributed by atoms with Gasteiger partial charge in [-0.05, 0) is 35.9 Å². The molecule has 0 unspecified atom stereocenters. The number of ether oxygens (including phenoxy) is 1. The van der Waals surface area contributed by atoms with E-state index >= 15 is 0 Å². The molecule has 4 aromatic rings. The van der Waals surface area contributed by atoms with E-state index in [1.165, 1.54) is 38.4 Å². The van der Waals surface area contributed by atoms with Crippen LogP contribution in [0, 0.1) is 0 Å². The minimum atomic E-state index is -4.69. The van der Waals surface area contributed by atoms with Crippen molar-refractivity contribution in [1.82, 2.24) is 19.2 Å². The predicted molar refractivity (Wildman–Crippen MR) is 123 cm³/mol. The molecule has 184 valence electrons. The summed E-state index contributed by atoms with van der Waals surface area (Å²) < 4.78 is 71.5. The van der Waals surface area contributed by atoms with Crippen molar-refractivity contribution in [3.8, 4) is 22.7 Å². The average molecular weight is 547 g/mol. The minimum absolute atomic E-state index is 0.123. The highest BCUT2D eigenvalue weighted by molar-refractivity contribution is 7.91. The molecule has 14 heteroatoms. The zero-order valence-corrected chi connectivity index (χ0v) is 20.3. The summed E-state index contributed by atoms with van der Waals surface area (Å²) in [5.41, 5.74) is -1.48. The normalized spacial score (nSPS) is 12.3. The number of methoxy groups -OCH3 is 1. The number of alkyl halides is 3. The maximum Gasteiger partial charge on any atom is 0.417 e. The van der Waals surface area contributed by atoms with Crippen molar-refractivity contribution in [2.24, 2.45) is 0 Å². The van der Waals surface area contributed by atoms with Crippen molar-refractivity contribution < 1.29 is 26.3 Å². The summed E-state index contributed by atoms with van der Waals surface area (Å²) in [6.07, 6.45) is -2.83. The highest BCUT2D eigenvalue weighted by atomic mass is 35.5. The highest BCUT2D eigenvalue weighted by Gasteiger charge is 2.32. The van der Waals surface area contributed by atoms with Gasteiger partial charge in [0.15, 0.2) is 27.1 Å². The van der Waals surface area contributed by atoms with Crippen molar-refractivity contribution in [1.29, 1.82) is 0 Å². The van der Waals surface area contributed by atoms with Crippen LogP contribution >= 0.6 is 23.2 Å². The van der Waals surface area contributed by atoms with Gasteiger partial charge in [-0.3, -0.25) is 0 Å². The number of benzene rings is 1. The molecule has 0 aliphatic rings. The Kier molecular flexibility index (Phi) is 6.32. The fourth-order valence-corrected chi connectivity index (χ4v) is 5.02. The molecule has 0 saturated heterocycles. The fraction of sp³-hybridized carbons (Fsp3) is 0.190. The molecule has 0 radical (unpaired) electrons. The summed E-state index contributed by atoms with van der Waals surface area (Å²) in [6, 6.07) is 6.04. The van der Waals surface area contributed by atoms with E-state index in [9.17, 15) is 26.4 Å². The molecule has 0 spiro atoms. The molecule has 0 atom stereocenters. The van der Waals surface area contributed by atoms with Crippen LogP contribution in [0.15, 0.2) is 52.4 Å². The number of sulfone groups is 1. The standard InChI is InChI=1S/C21H15Cl2F3N4O4S/c1-3-35(32,33)16-8-12(11-6-14(22)18(34-2)15(23)7-11)9-27-19(16)30-20(31)29-10-13(21(24,25)26)4-5-17(29)28-30/h4-10H,3H2,1-2H3. The van der Waals surface area contributed by atoms with Crippen LogP contribution in [0.4, 0.5) is 13.2 Å². The Morgan fingerprint density at radius 1 is 1.09 bits per heavy atom. The van der Waals surface area contributed by atoms with Gasteiger partial charge in [0.25, 0.3) is 0 Å². The summed E-state index contributed by atoms with van der Waals surface area (Å²) in [5, 5.41) is 4.34. The second-order valence-electron chi connectivity index (χ2n) is 7.26. The van der Waals surface area contributed by atoms with E-state index < -0.39 is 27.3 Å². The lowest BCUT2D eigenvalue weighted by Crippen LogP contribution is -2.23. The number of hydrogen-bond donors (Lipinski definition) is 0. The molecule has 0 N–H and O–H groups in total. The van der Waals surface area contributed by atoms with E-state index in [1.807, 2.05) is 0 Å². The van der Waals surface area contributed by atoms with E-state index in [0.717, 1.165) is 12.1 Å². The first-order chi connectivity index (χ1) is 16.4. The van der Waals surface area contributed by atoms with Crippen LogP contribution in [0.5, 0.6) is 5.75 Å². The van der Waals surface area contributed by atoms with Gasteiger partial charge in [0.2, 0.25) is 0 Å². The number of pyridine rings is 2. The molecule has 3 heterocycles. The van der Waals surface area contributed by atoms with Gasteiger partial charge < -0.3 is 4.74 Å². The number of aromatic nitrogens is 4. The van der Waals surface area contributed by atoms with Gasteiger partial charge in [0.05, 0.1) is 28.5 Å². The molecule has 0 fully saturated rings. The van der Waals surface area contributed by atoms with E-state index in [-0.39, 0.29) is 37.9 Å². The molecular formula is C21H15Cl2F3N4O4S. The van der Waals surface area contributed by atoms with Gasteiger partial charge in [-0.2, -0.15) is 17.9 Å². The van der Waals surface area contributed by atoms with E-state index in [1.54, 1.807) is 0 Å². The molecule has 1 aromatic carbocycles. The van der Waals surface area contributed by atoms with E-state index in [4.69, 9.17) is 27.9 Å². The van der Waals surface area contributed by atoms with Gasteiger partial charge >= 0.3 is 11.9 Å². The fourth-order valence-electron chi connectivity index (χ4n) is 3.34. The molecule has 0 bridgehead atoms. The maximum atomic E-state index is 13.1. The van der Waals surface area contributed by atoms with Crippen LogP contribution in [-0.4, -0.2) is 40.4 Å². The Bertz CT molecular complexity index is 1610. The van der Waals surface area contributed by atoms with Gasteiger partial charge in [-0.1, -0.05) is 30.1 Å². The molecule has 4 rings (SSSR count). The number of nitrogens with zero attached hydrogens (tertiary/aromatic N) is 4. The first-order valence-corrected chi connectivity index (χ1v) is 12.2. The monoisotopic (exact) mass is 546 g/mol. The SMILES string of the molecule is CCS(=O)(=O)c1cc(-c2cc(Cl)c(OC)c(Cl)c2)cnc1-n1nc2ccc(C(F)(F)F)cn2c1=O. The summed E-state index contributed by atoms with van der Waals surface area (Å²) >= 11 is 12.4. The molecule has 0 amide bonds. The van der Waals surface area contributed by atoms with E-state index in [0.29, 0.717) is 26.4 Å². The zero-order chi connectivity index (χ0) is 25.7. The quantitative estimate of drug-likeness (QED) is 0.360. The Hall–Kier alpha value is -3.09. The second-order valence-corrected chi connectivity index (χ2v) is 10.3. The highest BCUT2D eigenvalue weighted by Crippen LogP contribution is 2.38. The predicted octanol–water partition coefficient (Wildman–Crippen LogP) is 4.68. The summed E-state index contributed by atoms with van der Waals surface area (Å²) in [5.74, 6) is -0.462. The largest absolute Gasteiger partial charge is 0.494 e. The molecule has 8 nitrogen and oxygen atoms in total. The summed E-state index contributed by atoms with van der Waals surface area (Å²) in [4.78, 5) is 16.7. The Balaban J connectivity index is 1.95. The smallest absolute Gasteiger partial charge is 0.417 e. The molecule has 0 saturated carbocycles. The molecule has 35 heavy (non-hydrogen) atoms. The molecule has 0 aliphatic carbocycles. The van der Waals surface area contributed by atoms with Crippen LogP contribution < -0.4 is 10.4 Å². The van der Waals surface area contributed by atoms with Crippen LogP contribution in [0.1, 0.15) is 12.5 Å². The Morgan fingerprint density at radius 2 is 1.74 bits per heavy atom. The summed E-state index contributed by atoms with van der Waals surface area (Å²) in [7, 11) is -2.58. The first-order valence-electron chi connectivity index (χ1n) is 9.82. The third-order valence-electron chi connectivity index (χ3n) is 5.13. The molecule has 0 aliphatic heterocycles. The third kappa shape index (κ3) is 4.48. The zero-order valence-electron chi connectivity index (χ0n) is 18.0. The van der Waals surface area contributed by atoms with Crippen molar-refractivity contribution in [3.63, 3.8) is 0 Å². The van der Waals surface area contributed by atoms with Gasteiger partial charge in [-0.15, -0.1) is 5.10 Å². The number of rotatable bonds is 5. The maximum absolute atomic E-state index is 13.1. The Morgan fingerprint density at radius 3 is 2.31 bits per heavy atom.